The Morgan fingerprint density at radius 3 is 2.67 bits per heavy atom. The molecule has 0 aromatic heterocycles. The highest BCUT2D eigenvalue weighted by Gasteiger charge is 2.38. The number of hydrogen-bond acceptors (Lipinski definition) is 4. The number of rotatable bonds is 5. The fraction of sp³-hybridized carbons (Fsp3) is 0.385. The van der Waals surface area contributed by atoms with E-state index in [1.807, 2.05) is 12.1 Å². The Balaban J connectivity index is 1.66. The van der Waals surface area contributed by atoms with Gasteiger partial charge in [-0.25, -0.2) is 4.39 Å². The van der Waals surface area contributed by atoms with Crippen LogP contribution >= 0.6 is 23.4 Å². The molecule has 0 radical (unpaired) electrons. The van der Waals surface area contributed by atoms with Crippen LogP contribution in [0.25, 0.3) is 6.08 Å². The zero-order chi connectivity index (χ0) is 23.9. The van der Waals surface area contributed by atoms with Gasteiger partial charge in [-0.15, -0.1) is 0 Å². The van der Waals surface area contributed by atoms with Crippen molar-refractivity contribution in [1.29, 1.82) is 0 Å². The first-order chi connectivity index (χ1) is 15.6. The second kappa shape index (κ2) is 9.15. The molecule has 33 heavy (non-hydrogen) atoms. The molecule has 174 valence electrons. The second-order valence-electron chi connectivity index (χ2n) is 9.36. The third-order valence-corrected chi connectivity index (χ3v) is 7.63. The van der Waals surface area contributed by atoms with E-state index in [1.165, 1.54) is 11.6 Å². The highest BCUT2D eigenvalue weighted by atomic mass is 35.5. The summed E-state index contributed by atoms with van der Waals surface area (Å²) in [7, 11) is 0. The van der Waals surface area contributed by atoms with E-state index in [0.717, 1.165) is 47.3 Å². The summed E-state index contributed by atoms with van der Waals surface area (Å²) in [6.45, 7) is 9.75. The summed E-state index contributed by atoms with van der Waals surface area (Å²) < 4.78 is 14.0. The first-order valence-corrected chi connectivity index (χ1v) is 12.4. The van der Waals surface area contributed by atoms with Crippen molar-refractivity contribution in [3.63, 3.8) is 0 Å². The van der Waals surface area contributed by atoms with Crippen LogP contribution < -0.4 is 4.90 Å². The molecule has 7 heteroatoms. The Kier molecular flexibility index (Phi) is 6.61. The van der Waals surface area contributed by atoms with Gasteiger partial charge in [-0.1, -0.05) is 43.6 Å². The molecule has 1 saturated heterocycles. The lowest BCUT2D eigenvalue weighted by Gasteiger charge is -2.47. The molecule has 2 aromatic carbocycles. The minimum atomic E-state index is -0.438. The molecular weight excluding hydrogens is 459 g/mol. The van der Waals surface area contributed by atoms with E-state index in [-0.39, 0.29) is 12.1 Å². The van der Waals surface area contributed by atoms with Gasteiger partial charge in [-0.05, 0) is 79.8 Å². The number of benzene rings is 2. The maximum Gasteiger partial charge on any atom is 0.293 e. The summed E-state index contributed by atoms with van der Waals surface area (Å²) in [4.78, 5) is 29.3. The van der Waals surface area contributed by atoms with Crippen LogP contribution in [-0.2, 0) is 11.3 Å². The Bertz CT molecular complexity index is 1150. The number of hydrogen-bond donors (Lipinski definition) is 0. The minimum Gasteiger partial charge on any atom is -0.366 e. The molecule has 0 aliphatic carbocycles. The average molecular weight is 487 g/mol. The van der Waals surface area contributed by atoms with Gasteiger partial charge in [-0.3, -0.25) is 14.5 Å². The largest absolute Gasteiger partial charge is 0.366 e. The number of imide groups is 1. The zero-order valence-corrected chi connectivity index (χ0v) is 20.9. The van der Waals surface area contributed by atoms with Crippen molar-refractivity contribution in [3.05, 3.63) is 68.8 Å². The lowest BCUT2D eigenvalue weighted by molar-refractivity contribution is -0.123. The fourth-order valence-electron chi connectivity index (χ4n) is 4.85. The second-order valence-corrected chi connectivity index (χ2v) is 10.8. The third-order valence-electron chi connectivity index (χ3n) is 6.40. The number of anilines is 1. The third kappa shape index (κ3) is 4.56. The molecule has 0 spiro atoms. The molecule has 1 unspecified atom stereocenters. The topological polar surface area (TPSA) is 40.6 Å². The SMILES string of the molecule is CCCN1c2cc(Cl)c(/C=C3/SC(=O)N(Cc4ccccc4F)C3=O)cc2C(C)CC1(C)C. The van der Waals surface area contributed by atoms with Crippen LogP contribution in [0.15, 0.2) is 41.3 Å². The molecule has 2 aromatic rings. The monoisotopic (exact) mass is 486 g/mol. The maximum absolute atomic E-state index is 14.0. The van der Waals surface area contributed by atoms with Gasteiger partial charge in [0.15, 0.2) is 0 Å². The summed E-state index contributed by atoms with van der Waals surface area (Å²) in [6, 6.07) is 10.2. The van der Waals surface area contributed by atoms with Gasteiger partial charge >= 0.3 is 0 Å². The van der Waals surface area contributed by atoms with Gasteiger partial charge in [0.2, 0.25) is 0 Å². The normalized spacial score (nSPS) is 21.2. The first kappa shape index (κ1) is 23.8. The Morgan fingerprint density at radius 2 is 1.97 bits per heavy atom. The van der Waals surface area contributed by atoms with Gasteiger partial charge < -0.3 is 4.90 Å². The molecule has 0 N–H and O–H groups in total. The van der Waals surface area contributed by atoms with Crippen LogP contribution in [0.5, 0.6) is 0 Å². The van der Waals surface area contributed by atoms with Gasteiger partial charge in [0, 0.05) is 28.4 Å². The number of thioether (sulfide) groups is 1. The first-order valence-electron chi connectivity index (χ1n) is 11.2. The smallest absolute Gasteiger partial charge is 0.293 e. The predicted molar refractivity (Wildman–Crippen MR) is 134 cm³/mol. The van der Waals surface area contributed by atoms with Crippen molar-refractivity contribution in [2.75, 3.05) is 11.4 Å². The Labute approximate surface area is 203 Å². The number of fused-ring (bicyclic) bond motifs is 1. The van der Waals surface area contributed by atoms with E-state index >= 15 is 0 Å². The van der Waals surface area contributed by atoms with Crippen LogP contribution in [0.2, 0.25) is 5.02 Å². The molecular formula is C26H28ClFN2O2S. The standard InChI is InChI=1S/C26H28ClFN2O2S/c1-5-10-30-22-13-20(27)18(11-19(22)16(2)14-26(30,3)4)12-23-24(31)29(25(32)33-23)15-17-8-6-7-9-21(17)28/h6-9,11-13,16H,5,10,14-15H2,1-4H3/b23-12+. The summed E-state index contributed by atoms with van der Waals surface area (Å²) in [5.74, 6) is -0.528. The van der Waals surface area contributed by atoms with Crippen LogP contribution in [-0.4, -0.2) is 28.1 Å². The maximum atomic E-state index is 14.0. The quantitative estimate of drug-likeness (QED) is 0.418. The predicted octanol–water partition coefficient (Wildman–Crippen LogP) is 7.22. The fourth-order valence-corrected chi connectivity index (χ4v) is 5.89. The van der Waals surface area contributed by atoms with Crippen molar-refractivity contribution >= 4 is 46.3 Å². The molecule has 1 atom stereocenters. The van der Waals surface area contributed by atoms with Gasteiger partial charge in [0.1, 0.15) is 5.82 Å². The van der Waals surface area contributed by atoms with Crippen molar-refractivity contribution < 1.29 is 14.0 Å². The molecule has 0 saturated carbocycles. The van der Waals surface area contributed by atoms with E-state index in [1.54, 1.807) is 24.3 Å². The molecule has 0 bridgehead atoms. The summed E-state index contributed by atoms with van der Waals surface area (Å²) in [6.07, 6.45) is 3.73. The molecule has 2 aliphatic heterocycles. The van der Waals surface area contributed by atoms with E-state index < -0.39 is 17.0 Å². The van der Waals surface area contributed by atoms with E-state index in [0.29, 0.717) is 21.4 Å². The van der Waals surface area contributed by atoms with Crippen molar-refractivity contribution in [3.8, 4) is 0 Å². The van der Waals surface area contributed by atoms with Crippen LogP contribution in [0.3, 0.4) is 0 Å². The minimum absolute atomic E-state index is 0.0304. The van der Waals surface area contributed by atoms with Crippen LogP contribution in [0.4, 0.5) is 14.9 Å². The molecule has 2 heterocycles. The summed E-state index contributed by atoms with van der Waals surface area (Å²) >= 11 is 7.54. The molecule has 1 fully saturated rings. The number of carbonyl (C=O) groups excluding carboxylic acids is 2. The Morgan fingerprint density at radius 1 is 1.24 bits per heavy atom. The number of amides is 2. The number of halogens is 2. The van der Waals surface area contributed by atoms with Crippen molar-refractivity contribution in [2.24, 2.45) is 0 Å². The molecule has 4 nitrogen and oxygen atoms in total. The van der Waals surface area contributed by atoms with E-state index in [4.69, 9.17) is 11.6 Å². The van der Waals surface area contributed by atoms with E-state index in [2.05, 4.69) is 32.6 Å². The molecule has 4 rings (SSSR count). The highest BCUT2D eigenvalue weighted by Crippen LogP contribution is 2.46. The van der Waals surface area contributed by atoms with Crippen molar-refractivity contribution in [1.82, 2.24) is 4.90 Å². The molecule has 2 amide bonds. The molecule has 2 aliphatic rings. The van der Waals surface area contributed by atoms with Gasteiger partial charge in [-0.2, -0.15) is 0 Å². The van der Waals surface area contributed by atoms with Gasteiger partial charge in [0.25, 0.3) is 11.1 Å². The average Bonchev–Trinajstić information content (AvgIpc) is 3.00. The van der Waals surface area contributed by atoms with Crippen LogP contribution in [0, 0.1) is 5.82 Å². The summed E-state index contributed by atoms with van der Waals surface area (Å²) in [5.41, 5.74) is 3.39. The highest BCUT2D eigenvalue weighted by molar-refractivity contribution is 8.18. The van der Waals surface area contributed by atoms with Crippen molar-refractivity contribution in [2.45, 2.75) is 58.5 Å². The number of carbonyl (C=O) groups is 2. The number of nitrogens with zero attached hydrogens (tertiary/aromatic N) is 2. The lowest BCUT2D eigenvalue weighted by Crippen LogP contribution is -2.48. The van der Waals surface area contributed by atoms with E-state index in [9.17, 15) is 14.0 Å². The summed E-state index contributed by atoms with van der Waals surface area (Å²) in [5, 5.41) is 0.133. The zero-order valence-electron chi connectivity index (χ0n) is 19.3. The lowest BCUT2D eigenvalue weighted by atomic mass is 9.79. The van der Waals surface area contributed by atoms with Crippen LogP contribution in [0.1, 0.15) is 63.1 Å². The Hall–Kier alpha value is -2.31. The van der Waals surface area contributed by atoms with Gasteiger partial charge in [0.05, 0.1) is 11.4 Å².